The summed E-state index contributed by atoms with van der Waals surface area (Å²) in [5.41, 5.74) is 2.78. The van der Waals surface area contributed by atoms with E-state index in [4.69, 9.17) is 9.84 Å². The number of aromatic amines is 1. The van der Waals surface area contributed by atoms with Gasteiger partial charge in [-0.05, 0) is 29.3 Å². The van der Waals surface area contributed by atoms with Gasteiger partial charge in [0.25, 0.3) is 0 Å². The number of benzene rings is 2. The zero-order chi connectivity index (χ0) is 18.7. The molecule has 0 atom stereocenters. The summed E-state index contributed by atoms with van der Waals surface area (Å²) in [6.45, 7) is 8.49. The van der Waals surface area contributed by atoms with Crippen molar-refractivity contribution in [1.29, 1.82) is 0 Å². The molecule has 0 spiro atoms. The molecule has 0 aliphatic rings. The van der Waals surface area contributed by atoms with Crippen LogP contribution in [0.2, 0.25) is 0 Å². The van der Waals surface area contributed by atoms with Gasteiger partial charge in [-0.3, -0.25) is 4.79 Å². The van der Waals surface area contributed by atoms with Crippen molar-refractivity contribution in [2.45, 2.75) is 40.7 Å². The Morgan fingerprint density at radius 2 is 1.72 bits per heavy atom. The Hall–Kier alpha value is -2.75. The summed E-state index contributed by atoms with van der Waals surface area (Å²) < 4.78 is 5.77. The van der Waals surface area contributed by atoms with Gasteiger partial charge in [0.15, 0.2) is 0 Å². The van der Waals surface area contributed by atoms with E-state index < -0.39 is 5.97 Å². The Balaban J connectivity index is 0.000000730. The Bertz CT molecular complexity index is 763. The normalized spacial score (nSPS) is 9.44. The Kier molecular flexibility index (Phi) is 8.86. The van der Waals surface area contributed by atoms with E-state index in [1.54, 1.807) is 6.20 Å². The number of nitrogens with one attached hydrogen (secondary N) is 1. The first-order chi connectivity index (χ1) is 12.2. The number of carboxylic acid groups (broad SMARTS) is 1. The van der Waals surface area contributed by atoms with E-state index in [1.807, 2.05) is 76.2 Å². The molecule has 4 heteroatoms. The molecule has 0 unspecified atom stereocenters. The van der Waals surface area contributed by atoms with Crippen molar-refractivity contribution in [3.05, 3.63) is 65.9 Å². The third kappa shape index (κ3) is 5.99. The number of aliphatic carboxylic acids is 1. The second-order valence-electron chi connectivity index (χ2n) is 4.87. The van der Waals surface area contributed by atoms with Crippen molar-refractivity contribution >= 4 is 16.9 Å². The minimum atomic E-state index is -0.841. The molecule has 0 aliphatic heterocycles. The van der Waals surface area contributed by atoms with Crippen molar-refractivity contribution in [3.63, 3.8) is 0 Å². The number of rotatable bonds is 5. The predicted octanol–water partition coefficient (Wildman–Crippen LogP) is 5.43. The highest BCUT2D eigenvalue weighted by Crippen LogP contribution is 2.24. The predicted molar refractivity (Wildman–Crippen MR) is 103 cm³/mol. The van der Waals surface area contributed by atoms with Gasteiger partial charge in [0, 0.05) is 17.1 Å². The van der Waals surface area contributed by atoms with Gasteiger partial charge < -0.3 is 14.8 Å². The maximum Gasteiger partial charge on any atom is 0.307 e. The molecule has 25 heavy (non-hydrogen) atoms. The number of H-pyrrole nitrogens is 1. The summed E-state index contributed by atoms with van der Waals surface area (Å²) in [6.07, 6.45) is 1.74. The van der Waals surface area contributed by atoms with E-state index in [0.29, 0.717) is 6.61 Å². The standard InChI is InChI=1S/C17H15NO3.2C2H6/c19-17(20)8-13-10-18-16-7-6-14(9-15(13)16)21-11-12-4-2-1-3-5-12;2*1-2/h1-7,9-10,18H,8,11H2,(H,19,20);2*1-2H3. The highest BCUT2D eigenvalue weighted by Gasteiger charge is 2.08. The number of hydrogen-bond acceptors (Lipinski definition) is 2. The molecule has 0 saturated carbocycles. The van der Waals surface area contributed by atoms with Crippen molar-refractivity contribution in [2.75, 3.05) is 0 Å². The molecule has 134 valence electrons. The second-order valence-corrected chi connectivity index (χ2v) is 4.87. The van der Waals surface area contributed by atoms with Crippen LogP contribution in [-0.2, 0) is 17.8 Å². The van der Waals surface area contributed by atoms with Crippen LogP contribution in [0.3, 0.4) is 0 Å². The average molecular weight is 341 g/mol. The number of ether oxygens (including phenoxy) is 1. The Morgan fingerprint density at radius 1 is 1.04 bits per heavy atom. The summed E-state index contributed by atoms with van der Waals surface area (Å²) in [4.78, 5) is 13.9. The van der Waals surface area contributed by atoms with Crippen LogP contribution in [0.1, 0.15) is 38.8 Å². The molecule has 2 aromatic carbocycles. The third-order valence-electron chi connectivity index (χ3n) is 3.33. The lowest BCUT2D eigenvalue weighted by molar-refractivity contribution is -0.136. The number of hydrogen-bond donors (Lipinski definition) is 2. The van der Waals surface area contributed by atoms with Crippen molar-refractivity contribution in [3.8, 4) is 5.75 Å². The summed E-state index contributed by atoms with van der Waals surface area (Å²) in [5.74, 6) is -0.107. The molecule has 0 bridgehead atoms. The lowest BCUT2D eigenvalue weighted by Crippen LogP contribution is -1.99. The summed E-state index contributed by atoms with van der Waals surface area (Å²) >= 11 is 0. The van der Waals surface area contributed by atoms with Gasteiger partial charge in [-0.1, -0.05) is 58.0 Å². The molecule has 0 radical (unpaired) electrons. The molecule has 0 aliphatic carbocycles. The Morgan fingerprint density at radius 3 is 2.36 bits per heavy atom. The van der Waals surface area contributed by atoms with Gasteiger partial charge in [0.1, 0.15) is 12.4 Å². The Labute approximate surface area is 149 Å². The fraction of sp³-hybridized carbons (Fsp3) is 0.286. The first-order valence-corrected chi connectivity index (χ1v) is 8.71. The number of aromatic nitrogens is 1. The van der Waals surface area contributed by atoms with Crippen LogP contribution in [-0.4, -0.2) is 16.1 Å². The molecular weight excluding hydrogens is 314 g/mol. The van der Waals surface area contributed by atoms with E-state index in [2.05, 4.69) is 4.98 Å². The van der Waals surface area contributed by atoms with E-state index >= 15 is 0 Å². The van der Waals surface area contributed by atoms with E-state index in [1.165, 1.54) is 0 Å². The number of carbonyl (C=O) groups is 1. The van der Waals surface area contributed by atoms with Crippen LogP contribution in [0.15, 0.2) is 54.7 Å². The van der Waals surface area contributed by atoms with E-state index in [9.17, 15) is 4.79 Å². The van der Waals surface area contributed by atoms with Crippen LogP contribution in [0.5, 0.6) is 5.75 Å². The highest BCUT2D eigenvalue weighted by molar-refractivity contribution is 5.87. The van der Waals surface area contributed by atoms with Crippen LogP contribution in [0.4, 0.5) is 0 Å². The van der Waals surface area contributed by atoms with Crippen LogP contribution >= 0.6 is 0 Å². The lowest BCUT2D eigenvalue weighted by Gasteiger charge is -2.06. The van der Waals surface area contributed by atoms with Crippen molar-refractivity contribution < 1.29 is 14.6 Å². The summed E-state index contributed by atoms with van der Waals surface area (Å²) in [6, 6.07) is 15.6. The monoisotopic (exact) mass is 341 g/mol. The molecule has 3 rings (SSSR count). The van der Waals surface area contributed by atoms with Crippen molar-refractivity contribution in [1.82, 2.24) is 4.98 Å². The maximum absolute atomic E-state index is 10.9. The molecule has 1 heterocycles. The fourth-order valence-electron chi connectivity index (χ4n) is 2.30. The largest absolute Gasteiger partial charge is 0.489 e. The van der Waals surface area contributed by atoms with E-state index in [-0.39, 0.29) is 6.42 Å². The molecular formula is C21H27NO3. The number of carboxylic acids is 1. The summed E-state index contributed by atoms with van der Waals surface area (Å²) in [7, 11) is 0. The molecule has 0 fully saturated rings. The molecule has 2 N–H and O–H groups in total. The summed E-state index contributed by atoms with van der Waals surface area (Å²) in [5, 5.41) is 9.81. The average Bonchev–Trinajstić information content (AvgIpc) is 3.06. The molecule has 4 nitrogen and oxygen atoms in total. The zero-order valence-electron chi connectivity index (χ0n) is 15.4. The molecule has 1 aromatic heterocycles. The highest BCUT2D eigenvalue weighted by atomic mass is 16.5. The van der Waals surface area contributed by atoms with Gasteiger partial charge in [-0.25, -0.2) is 0 Å². The van der Waals surface area contributed by atoms with Gasteiger partial charge >= 0.3 is 5.97 Å². The van der Waals surface area contributed by atoms with Crippen LogP contribution in [0, 0.1) is 0 Å². The number of fused-ring (bicyclic) bond motifs is 1. The molecule has 3 aromatic rings. The molecule has 0 amide bonds. The second kappa shape index (κ2) is 10.9. The van der Waals surface area contributed by atoms with Crippen molar-refractivity contribution in [2.24, 2.45) is 0 Å². The third-order valence-corrected chi connectivity index (χ3v) is 3.33. The maximum atomic E-state index is 10.9. The van der Waals surface area contributed by atoms with Gasteiger partial charge in [0.2, 0.25) is 0 Å². The minimum absolute atomic E-state index is 0.00212. The molecule has 0 saturated heterocycles. The SMILES string of the molecule is CC.CC.O=C(O)Cc1c[nH]c2ccc(OCc3ccccc3)cc12. The minimum Gasteiger partial charge on any atom is -0.489 e. The van der Waals surface area contributed by atoms with Gasteiger partial charge in [-0.2, -0.15) is 0 Å². The van der Waals surface area contributed by atoms with Crippen LogP contribution < -0.4 is 4.74 Å². The van der Waals surface area contributed by atoms with Gasteiger partial charge in [-0.15, -0.1) is 0 Å². The quantitative estimate of drug-likeness (QED) is 0.651. The first-order valence-electron chi connectivity index (χ1n) is 8.71. The zero-order valence-corrected chi connectivity index (χ0v) is 15.4. The van der Waals surface area contributed by atoms with E-state index in [0.717, 1.165) is 27.8 Å². The fourth-order valence-corrected chi connectivity index (χ4v) is 2.30. The smallest absolute Gasteiger partial charge is 0.307 e. The first kappa shape index (κ1) is 20.3. The van der Waals surface area contributed by atoms with Gasteiger partial charge in [0.05, 0.1) is 6.42 Å². The lowest BCUT2D eigenvalue weighted by atomic mass is 10.1. The topological polar surface area (TPSA) is 62.3 Å². The van der Waals surface area contributed by atoms with Crippen LogP contribution in [0.25, 0.3) is 10.9 Å².